The molecule has 4 atom stereocenters. The molecule has 1 aliphatic heterocycles. The number of rotatable bonds is 6. The van der Waals surface area contributed by atoms with E-state index in [0.717, 1.165) is 36.3 Å². The average molecular weight is 531 g/mol. The van der Waals surface area contributed by atoms with Crippen LogP contribution in [-0.4, -0.2) is 48.2 Å². The molecule has 2 aromatic heterocycles. The largest absolute Gasteiger partial charge is 0.377 e. The van der Waals surface area contributed by atoms with Gasteiger partial charge in [0.05, 0.1) is 28.9 Å². The molecule has 3 aromatic rings. The van der Waals surface area contributed by atoms with Crippen molar-refractivity contribution < 1.29 is 13.2 Å². The van der Waals surface area contributed by atoms with Crippen LogP contribution in [0.4, 0.5) is 5.69 Å². The Morgan fingerprint density at radius 1 is 1.22 bits per heavy atom. The van der Waals surface area contributed by atoms with Gasteiger partial charge in [-0.3, -0.25) is 14.2 Å². The van der Waals surface area contributed by atoms with Crippen LogP contribution in [0.1, 0.15) is 46.3 Å². The molecule has 190 valence electrons. The quantitative estimate of drug-likeness (QED) is 0.412. The van der Waals surface area contributed by atoms with Gasteiger partial charge in [-0.15, -0.1) is 0 Å². The molecule has 5 rings (SSSR count). The predicted molar refractivity (Wildman–Crippen MR) is 138 cm³/mol. The summed E-state index contributed by atoms with van der Waals surface area (Å²) in [4.78, 5) is 35.0. The number of aryl methyl sites for hydroxylation is 1. The van der Waals surface area contributed by atoms with Gasteiger partial charge in [0, 0.05) is 18.5 Å². The summed E-state index contributed by atoms with van der Waals surface area (Å²) in [5, 5.41) is 7.20. The summed E-state index contributed by atoms with van der Waals surface area (Å²) in [5.41, 5.74) is 2.35. The van der Waals surface area contributed by atoms with Crippen LogP contribution in [-0.2, 0) is 17.1 Å². The van der Waals surface area contributed by atoms with Crippen molar-refractivity contribution in [2.45, 2.75) is 25.8 Å². The van der Waals surface area contributed by atoms with Crippen LogP contribution >= 0.6 is 11.6 Å². The highest BCUT2D eigenvalue weighted by Gasteiger charge is 2.55. The van der Waals surface area contributed by atoms with E-state index in [9.17, 15) is 18.0 Å². The lowest BCUT2D eigenvalue weighted by atomic mass is 10.0. The van der Waals surface area contributed by atoms with Crippen LogP contribution in [0.15, 0.2) is 29.1 Å². The Labute approximate surface area is 213 Å². The van der Waals surface area contributed by atoms with Crippen LogP contribution < -0.4 is 20.9 Å². The second-order valence-electron chi connectivity index (χ2n) is 9.70. The molecule has 1 saturated heterocycles. The third kappa shape index (κ3) is 4.46. The van der Waals surface area contributed by atoms with E-state index in [1.807, 2.05) is 30.7 Å². The number of benzene rings is 1. The van der Waals surface area contributed by atoms with E-state index >= 15 is 0 Å². The number of carbonyl (C=O) groups excluding carboxylic acids is 1. The highest BCUT2D eigenvalue weighted by Crippen LogP contribution is 2.55. The van der Waals surface area contributed by atoms with Crippen LogP contribution in [0.5, 0.6) is 0 Å². The van der Waals surface area contributed by atoms with E-state index in [0.29, 0.717) is 28.4 Å². The molecule has 2 fully saturated rings. The molecule has 2 aliphatic rings. The van der Waals surface area contributed by atoms with Crippen molar-refractivity contribution >= 4 is 44.1 Å². The Morgan fingerprint density at radius 3 is 2.58 bits per heavy atom. The smallest absolute Gasteiger partial charge is 0.285 e. The molecular weight excluding hydrogens is 504 g/mol. The third-order valence-corrected chi connectivity index (χ3v) is 7.74. The number of hydrogen-bond acceptors (Lipinski definition) is 8. The number of pyridine rings is 1. The molecule has 1 unspecified atom stereocenters. The number of hydrogen-bond donors (Lipinski definition) is 3. The van der Waals surface area contributed by atoms with Crippen LogP contribution in [0.2, 0.25) is 5.15 Å². The first-order chi connectivity index (χ1) is 16.9. The fourth-order valence-electron chi connectivity index (χ4n) is 5.25. The minimum absolute atomic E-state index is 0.0483. The number of amides is 1. The molecule has 0 bridgehead atoms. The lowest BCUT2D eigenvalue weighted by molar-refractivity contribution is 0.0977. The summed E-state index contributed by atoms with van der Waals surface area (Å²) in [6.07, 6.45) is 0.887. The molecule has 0 radical (unpaired) electrons. The lowest BCUT2D eigenvalue weighted by Crippen LogP contribution is -2.31. The Kier molecular flexibility index (Phi) is 6.05. The molecule has 1 amide bonds. The highest BCUT2D eigenvalue weighted by molar-refractivity contribution is 7.89. The van der Waals surface area contributed by atoms with Crippen molar-refractivity contribution in [1.29, 1.82) is 0 Å². The zero-order chi connectivity index (χ0) is 25.9. The summed E-state index contributed by atoms with van der Waals surface area (Å²) in [5.74, 6) is 1.16. The van der Waals surface area contributed by atoms with Crippen LogP contribution in [0, 0.1) is 18.8 Å². The van der Waals surface area contributed by atoms with E-state index < -0.39 is 22.0 Å². The van der Waals surface area contributed by atoms with Crippen molar-refractivity contribution in [2.24, 2.45) is 18.9 Å². The van der Waals surface area contributed by atoms with Gasteiger partial charge in [0.2, 0.25) is 10.0 Å². The maximum Gasteiger partial charge on any atom is 0.285 e. The molecule has 3 heterocycles. The summed E-state index contributed by atoms with van der Waals surface area (Å²) < 4.78 is 26.8. The number of nitrogens with one attached hydrogen (secondary N) is 3. The fourth-order valence-corrected chi connectivity index (χ4v) is 5.83. The van der Waals surface area contributed by atoms with E-state index in [-0.39, 0.29) is 22.3 Å². The van der Waals surface area contributed by atoms with Crippen molar-refractivity contribution in [3.05, 3.63) is 62.4 Å². The first kappa shape index (κ1) is 24.7. The lowest BCUT2D eigenvalue weighted by Gasteiger charge is -2.21. The standard InChI is InChI=1S/C24H27ClN6O4S/c1-11-7-13(12(2)27-17-5-6-18(25)28-21(17)23(32)30-36(4,34)35)20-14(8-11)24(33)31(3)22(29-20)19-15-9-26-10-16(15)19/h5-8,12,15-16,19,26-27H,9-10H2,1-4H3,(H,30,32)/t12-,15-,16+,19?/m1/s1. The van der Waals surface area contributed by atoms with Gasteiger partial charge in [-0.2, -0.15) is 0 Å². The first-order valence-electron chi connectivity index (χ1n) is 11.6. The molecule has 1 aromatic carbocycles. The normalized spacial score (nSPS) is 21.8. The highest BCUT2D eigenvalue weighted by atomic mass is 35.5. The van der Waals surface area contributed by atoms with Crippen LogP contribution in [0.3, 0.4) is 0 Å². The number of aromatic nitrogens is 3. The molecule has 0 spiro atoms. The number of nitrogens with zero attached hydrogens (tertiary/aromatic N) is 3. The van der Waals surface area contributed by atoms with Gasteiger partial charge < -0.3 is 10.6 Å². The number of halogens is 1. The number of carbonyl (C=O) groups is 1. The minimum atomic E-state index is -3.80. The summed E-state index contributed by atoms with van der Waals surface area (Å²) in [7, 11) is -2.02. The van der Waals surface area contributed by atoms with Crippen molar-refractivity contribution in [3.63, 3.8) is 0 Å². The van der Waals surface area contributed by atoms with Crippen LogP contribution in [0.25, 0.3) is 10.9 Å². The molecular formula is C24H27ClN6O4S. The molecule has 1 aliphatic carbocycles. The predicted octanol–water partition coefficient (Wildman–Crippen LogP) is 2.09. The number of piperidine rings is 1. The first-order valence-corrected chi connectivity index (χ1v) is 13.9. The summed E-state index contributed by atoms with van der Waals surface area (Å²) in [6.45, 7) is 5.66. The third-order valence-electron chi connectivity index (χ3n) is 6.97. The molecule has 12 heteroatoms. The Morgan fingerprint density at radius 2 is 1.92 bits per heavy atom. The Hall–Kier alpha value is -3.02. The SMILES string of the molecule is Cc1cc([C@@H](C)Nc2ccc(Cl)nc2C(=O)NS(C)(=O)=O)c2nc(C3[C@H]4CNC[C@@H]34)n(C)c(=O)c2c1. The van der Waals surface area contributed by atoms with Crippen molar-refractivity contribution in [3.8, 4) is 0 Å². The zero-order valence-corrected chi connectivity index (χ0v) is 21.9. The van der Waals surface area contributed by atoms with E-state index in [1.54, 1.807) is 17.7 Å². The number of anilines is 1. The van der Waals surface area contributed by atoms with Gasteiger partial charge in [0.1, 0.15) is 11.0 Å². The number of fused-ring (bicyclic) bond motifs is 2. The minimum Gasteiger partial charge on any atom is -0.377 e. The van der Waals surface area contributed by atoms with E-state index in [2.05, 4.69) is 15.6 Å². The van der Waals surface area contributed by atoms with Crippen molar-refractivity contribution in [2.75, 3.05) is 24.7 Å². The van der Waals surface area contributed by atoms with E-state index in [1.165, 1.54) is 6.07 Å². The van der Waals surface area contributed by atoms with Crippen molar-refractivity contribution in [1.82, 2.24) is 24.6 Å². The molecule has 1 saturated carbocycles. The second-order valence-corrected chi connectivity index (χ2v) is 11.8. The zero-order valence-electron chi connectivity index (χ0n) is 20.3. The Bertz CT molecular complexity index is 1560. The van der Waals surface area contributed by atoms with Gasteiger partial charge in [-0.1, -0.05) is 17.7 Å². The topological polar surface area (TPSA) is 135 Å². The summed E-state index contributed by atoms with van der Waals surface area (Å²) in [6, 6.07) is 6.48. The van der Waals surface area contributed by atoms with Gasteiger partial charge >= 0.3 is 0 Å². The summed E-state index contributed by atoms with van der Waals surface area (Å²) >= 11 is 5.99. The second kappa shape index (κ2) is 8.82. The molecule has 36 heavy (non-hydrogen) atoms. The van der Waals surface area contributed by atoms with Gasteiger partial charge in [-0.05, 0) is 62.5 Å². The molecule has 3 N–H and O–H groups in total. The van der Waals surface area contributed by atoms with Gasteiger partial charge in [0.15, 0.2) is 5.69 Å². The van der Waals surface area contributed by atoms with Gasteiger partial charge in [-0.25, -0.2) is 23.1 Å². The van der Waals surface area contributed by atoms with Gasteiger partial charge in [0.25, 0.3) is 11.5 Å². The Balaban J connectivity index is 1.56. The van der Waals surface area contributed by atoms with E-state index in [4.69, 9.17) is 16.6 Å². The average Bonchev–Trinajstić information content (AvgIpc) is 3.25. The maximum atomic E-state index is 13.4. The maximum absolute atomic E-state index is 13.4. The fraction of sp³-hybridized carbons (Fsp3) is 0.417. The molecule has 10 nitrogen and oxygen atoms in total. The monoisotopic (exact) mass is 530 g/mol. The number of sulfonamides is 1.